The quantitative estimate of drug-likeness (QED) is 0.222. The number of nitrogens with zero attached hydrogens (tertiary/aromatic N) is 5. The highest BCUT2D eigenvalue weighted by molar-refractivity contribution is 6.03. The Bertz CT molecular complexity index is 1970. The molecule has 8 nitrogen and oxygen atoms in total. The number of rotatable bonds is 6. The Balaban J connectivity index is 1.29. The fourth-order valence-corrected chi connectivity index (χ4v) is 8.22. The minimum absolute atomic E-state index is 0.0169. The Morgan fingerprint density at radius 2 is 2.09 bits per heavy atom. The number of anilines is 1. The number of fused-ring (bicyclic) bond motifs is 5. The summed E-state index contributed by atoms with van der Waals surface area (Å²) in [6.07, 6.45) is 12.2. The second-order valence-corrected chi connectivity index (χ2v) is 13.2. The van der Waals surface area contributed by atoms with Gasteiger partial charge in [0.1, 0.15) is 41.4 Å². The molecule has 0 unspecified atom stereocenters. The smallest absolute Gasteiger partial charge is 0.319 e. The highest BCUT2D eigenvalue weighted by Crippen LogP contribution is 2.42. The first-order valence-corrected chi connectivity index (χ1v) is 15.7. The third-order valence-corrected chi connectivity index (χ3v) is 10.4. The predicted octanol–water partition coefficient (Wildman–Crippen LogP) is 5.26. The number of alkyl halides is 1. The molecule has 2 aromatic carbocycles. The van der Waals surface area contributed by atoms with Gasteiger partial charge in [0.05, 0.1) is 22.0 Å². The zero-order valence-electron chi connectivity index (χ0n) is 25.2. The second kappa shape index (κ2) is 10.6. The van der Waals surface area contributed by atoms with Gasteiger partial charge < -0.3 is 20.1 Å². The highest BCUT2D eigenvalue weighted by atomic mass is 19.1. The number of phenolic OH excluding ortho intramolecular Hbond substituents is 1. The lowest BCUT2D eigenvalue weighted by Crippen LogP contribution is -2.58. The Labute approximate surface area is 264 Å². The molecule has 4 aromatic rings. The molecule has 0 spiro atoms. The van der Waals surface area contributed by atoms with E-state index in [-0.39, 0.29) is 57.7 Å². The van der Waals surface area contributed by atoms with Crippen LogP contribution >= 0.6 is 0 Å². The maximum Gasteiger partial charge on any atom is 0.319 e. The van der Waals surface area contributed by atoms with Crippen LogP contribution in [-0.4, -0.2) is 81.0 Å². The third-order valence-electron chi connectivity index (χ3n) is 10.4. The summed E-state index contributed by atoms with van der Waals surface area (Å²) in [6, 6.07) is 5.63. The molecule has 4 aliphatic heterocycles. The van der Waals surface area contributed by atoms with Crippen LogP contribution in [0.25, 0.3) is 32.9 Å². The monoisotopic (exact) mass is 626 g/mol. The van der Waals surface area contributed by atoms with Gasteiger partial charge in [0.15, 0.2) is 5.82 Å². The topological polar surface area (TPSA) is 86.6 Å². The summed E-state index contributed by atoms with van der Waals surface area (Å²) in [5.74, 6) is 1.26. The Morgan fingerprint density at radius 1 is 1.22 bits per heavy atom. The molecule has 46 heavy (non-hydrogen) atoms. The van der Waals surface area contributed by atoms with Crippen LogP contribution in [0.2, 0.25) is 0 Å². The van der Waals surface area contributed by atoms with Crippen molar-refractivity contribution in [1.29, 1.82) is 0 Å². The molecule has 6 heterocycles. The number of hydrogen-bond donors (Lipinski definition) is 2. The van der Waals surface area contributed by atoms with Crippen molar-refractivity contribution in [3.8, 4) is 35.4 Å². The first-order valence-electron chi connectivity index (χ1n) is 15.7. The molecule has 11 heteroatoms. The van der Waals surface area contributed by atoms with Crippen molar-refractivity contribution in [2.45, 2.75) is 55.4 Å². The van der Waals surface area contributed by atoms with Gasteiger partial charge in [0.25, 0.3) is 0 Å². The summed E-state index contributed by atoms with van der Waals surface area (Å²) in [6.45, 7) is 6.62. The van der Waals surface area contributed by atoms with Crippen LogP contribution in [0.1, 0.15) is 37.7 Å². The normalized spacial score (nSPS) is 27.3. The van der Waals surface area contributed by atoms with Crippen molar-refractivity contribution in [3.63, 3.8) is 0 Å². The summed E-state index contributed by atoms with van der Waals surface area (Å²) in [7, 11) is 0. The first kappa shape index (κ1) is 29.0. The first-order chi connectivity index (χ1) is 22.2. The number of aromatic hydroxyl groups is 1. The van der Waals surface area contributed by atoms with E-state index in [1.54, 1.807) is 0 Å². The fourth-order valence-electron chi connectivity index (χ4n) is 8.22. The maximum absolute atomic E-state index is 16.9. The molecule has 2 aromatic heterocycles. The largest absolute Gasteiger partial charge is 0.508 e. The van der Waals surface area contributed by atoms with E-state index < -0.39 is 23.3 Å². The van der Waals surface area contributed by atoms with Gasteiger partial charge in [0.2, 0.25) is 0 Å². The van der Waals surface area contributed by atoms with Gasteiger partial charge in [-0.15, -0.1) is 13.0 Å². The number of ether oxygens (including phenoxy) is 1. The van der Waals surface area contributed by atoms with E-state index >= 15 is 4.39 Å². The molecular formula is C35H33F3N6O2. The number of pyridine rings is 1. The van der Waals surface area contributed by atoms with Gasteiger partial charge in [-0.05, 0) is 55.8 Å². The molecule has 236 valence electrons. The minimum Gasteiger partial charge on any atom is -0.508 e. The molecule has 4 aliphatic rings. The molecule has 2 bridgehead atoms. The molecule has 0 aliphatic carbocycles. The molecule has 0 radical (unpaired) electrons. The van der Waals surface area contributed by atoms with Crippen molar-refractivity contribution in [3.05, 3.63) is 60.3 Å². The van der Waals surface area contributed by atoms with Crippen LogP contribution in [0.3, 0.4) is 0 Å². The van der Waals surface area contributed by atoms with E-state index in [0.717, 1.165) is 32.2 Å². The molecule has 0 amide bonds. The van der Waals surface area contributed by atoms with Crippen LogP contribution in [0.5, 0.6) is 11.8 Å². The van der Waals surface area contributed by atoms with Crippen molar-refractivity contribution >= 4 is 27.5 Å². The van der Waals surface area contributed by atoms with E-state index in [1.807, 2.05) is 6.08 Å². The molecule has 8 rings (SSSR count). The average molecular weight is 627 g/mol. The van der Waals surface area contributed by atoms with Crippen LogP contribution in [0.4, 0.5) is 19.0 Å². The summed E-state index contributed by atoms with van der Waals surface area (Å²) in [5, 5.41) is 15.3. The van der Waals surface area contributed by atoms with Gasteiger partial charge >= 0.3 is 6.01 Å². The summed E-state index contributed by atoms with van der Waals surface area (Å²) in [5.41, 5.74) is -0.866. The standard InChI is InChI=1S/C35H33F3N6O2/c1-3-24-27(37)7-6-20-12-23(45)13-25(28(20)24)30-29(38)31-26(15-39-30)32(43-17-22-8-10-34(4-2,18-43)42-22)41-33(40-31)46-19-35-9-5-11-44(35)16-21(36)14-35/h1,4,6-7,12-13,15,21-22,42,45H,2,5,8-11,14,16-19H2/t21-,22-,34+,35+/m1/s1. The number of nitrogens with one attached hydrogen (secondary N) is 1. The van der Waals surface area contributed by atoms with E-state index in [9.17, 15) is 13.9 Å². The average Bonchev–Trinajstić information content (AvgIpc) is 3.68. The van der Waals surface area contributed by atoms with Crippen molar-refractivity contribution < 1.29 is 23.0 Å². The number of piperazine rings is 1. The highest BCUT2D eigenvalue weighted by Gasteiger charge is 2.49. The van der Waals surface area contributed by atoms with Crippen LogP contribution in [-0.2, 0) is 0 Å². The summed E-state index contributed by atoms with van der Waals surface area (Å²) in [4.78, 5) is 18.1. The third kappa shape index (κ3) is 4.49. The predicted molar refractivity (Wildman–Crippen MR) is 170 cm³/mol. The van der Waals surface area contributed by atoms with Crippen molar-refractivity contribution in [2.75, 3.05) is 37.7 Å². The summed E-state index contributed by atoms with van der Waals surface area (Å²) >= 11 is 0. The number of phenols is 1. The Kier molecular flexibility index (Phi) is 6.67. The minimum atomic E-state index is -0.927. The van der Waals surface area contributed by atoms with E-state index in [0.29, 0.717) is 42.6 Å². The number of hydrogen-bond acceptors (Lipinski definition) is 8. The van der Waals surface area contributed by atoms with Gasteiger partial charge in [-0.1, -0.05) is 18.1 Å². The van der Waals surface area contributed by atoms with Crippen LogP contribution < -0.4 is 15.0 Å². The lowest BCUT2D eigenvalue weighted by Gasteiger charge is -2.40. The molecule has 0 saturated carbocycles. The zero-order chi connectivity index (χ0) is 31.8. The number of terminal acetylenes is 1. The molecule has 4 fully saturated rings. The van der Waals surface area contributed by atoms with Gasteiger partial charge in [-0.3, -0.25) is 9.88 Å². The molecular weight excluding hydrogens is 593 g/mol. The second-order valence-electron chi connectivity index (χ2n) is 13.2. The SMILES string of the molecule is C#Cc1c(F)ccc2cc(O)cc(-c3ncc4c(N5C[C@H]6CC[C@@](C=C)(C5)N6)nc(OC[C@@]56CCCN5C[C@H](F)C6)nc4c3F)c12. The maximum atomic E-state index is 16.9. The zero-order valence-corrected chi connectivity index (χ0v) is 25.2. The van der Waals surface area contributed by atoms with Crippen LogP contribution in [0, 0.1) is 24.0 Å². The Hall–Kier alpha value is -4.40. The lowest BCUT2D eigenvalue weighted by molar-refractivity contribution is 0.107. The molecule has 4 atom stereocenters. The lowest BCUT2D eigenvalue weighted by atomic mass is 9.95. The number of aromatic nitrogens is 3. The van der Waals surface area contributed by atoms with Gasteiger partial charge in [-0.25, -0.2) is 13.2 Å². The van der Waals surface area contributed by atoms with E-state index in [2.05, 4.69) is 37.6 Å². The summed E-state index contributed by atoms with van der Waals surface area (Å²) < 4.78 is 52.4. The molecule has 2 N–H and O–H groups in total. The fraction of sp³-hybridized carbons (Fsp3) is 0.400. The molecule has 4 saturated heterocycles. The number of benzene rings is 2. The van der Waals surface area contributed by atoms with E-state index in [4.69, 9.17) is 16.1 Å². The number of halogens is 3. The van der Waals surface area contributed by atoms with Gasteiger partial charge in [0, 0.05) is 49.2 Å². The van der Waals surface area contributed by atoms with E-state index in [1.165, 1.54) is 30.5 Å². The van der Waals surface area contributed by atoms with Crippen molar-refractivity contribution in [2.24, 2.45) is 0 Å². The van der Waals surface area contributed by atoms with Crippen LogP contribution in [0.15, 0.2) is 43.1 Å². The van der Waals surface area contributed by atoms with Gasteiger partial charge in [-0.2, -0.15) is 9.97 Å². The Morgan fingerprint density at radius 3 is 2.91 bits per heavy atom. The van der Waals surface area contributed by atoms with Crippen molar-refractivity contribution in [1.82, 2.24) is 25.2 Å².